The molecule has 1 aromatic heterocycles. The summed E-state index contributed by atoms with van der Waals surface area (Å²) in [6.45, 7) is 5.72. The molecule has 0 atom stereocenters. The Hall–Kier alpha value is -2.36. The van der Waals surface area contributed by atoms with Crippen LogP contribution in [0.1, 0.15) is 5.76 Å². The van der Waals surface area contributed by atoms with Crippen LogP contribution in [0.5, 0.6) is 0 Å². The van der Waals surface area contributed by atoms with E-state index in [1.165, 1.54) is 10.6 Å². The summed E-state index contributed by atoms with van der Waals surface area (Å²) in [6.07, 6.45) is 1.64. The van der Waals surface area contributed by atoms with Crippen molar-refractivity contribution in [2.45, 2.75) is 13.5 Å². The highest BCUT2D eigenvalue weighted by Gasteiger charge is 2.01. The van der Waals surface area contributed by atoms with Crippen LogP contribution in [0, 0.1) is 6.92 Å². The van der Waals surface area contributed by atoms with Crippen LogP contribution < -0.4 is 11.2 Å². The van der Waals surface area contributed by atoms with Crippen LogP contribution in [0.2, 0.25) is 0 Å². The molecule has 2 rings (SSSR count). The van der Waals surface area contributed by atoms with Crippen LogP contribution in [0.25, 0.3) is 0 Å². The average Bonchev–Trinajstić information content (AvgIpc) is 2.35. The van der Waals surface area contributed by atoms with E-state index in [-0.39, 0.29) is 11.2 Å². The van der Waals surface area contributed by atoms with Gasteiger partial charge in [-0.25, -0.2) is 0 Å². The molecule has 0 amide bonds. The van der Waals surface area contributed by atoms with E-state index in [1.807, 2.05) is 30.3 Å². The molecule has 1 aromatic carbocycles. The lowest BCUT2D eigenvalue weighted by Crippen LogP contribution is -2.32. The fourth-order valence-corrected chi connectivity index (χ4v) is 1.57. The third-order valence-corrected chi connectivity index (χ3v) is 2.37. The van der Waals surface area contributed by atoms with Crippen LogP contribution in [-0.2, 0) is 6.54 Å². The van der Waals surface area contributed by atoms with E-state index in [0.29, 0.717) is 12.3 Å². The molecule has 0 radical (unpaired) electrons. The van der Waals surface area contributed by atoms with Gasteiger partial charge in [0, 0.05) is 12.6 Å². The van der Waals surface area contributed by atoms with Crippen molar-refractivity contribution in [1.82, 2.24) is 4.57 Å². The summed E-state index contributed by atoms with van der Waals surface area (Å²) in [4.78, 5) is 16.2. The van der Waals surface area contributed by atoms with E-state index in [4.69, 9.17) is 4.42 Å². The number of rotatable bonds is 3. The Balaban J connectivity index is 2.66. The van der Waals surface area contributed by atoms with Crippen LogP contribution >= 0.6 is 0 Å². The van der Waals surface area contributed by atoms with E-state index >= 15 is 0 Å². The molecule has 18 heavy (non-hydrogen) atoms. The monoisotopic (exact) mass is 242 g/mol. The third kappa shape index (κ3) is 2.66. The Morgan fingerprint density at radius 2 is 2.11 bits per heavy atom. The zero-order valence-electron chi connectivity index (χ0n) is 10.2. The molecule has 0 fully saturated rings. The van der Waals surface area contributed by atoms with Crippen LogP contribution in [0.3, 0.4) is 0 Å². The zero-order chi connectivity index (χ0) is 13.0. The first-order chi connectivity index (χ1) is 8.70. The minimum Gasteiger partial charge on any atom is -0.430 e. The smallest absolute Gasteiger partial charge is 0.305 e. The van der Waals surface area contributed by atoms with Gasteiger partial charge < -0.3 is 4.42 Å². The molecule has 0 aliphatic rings. The predicted octanol–water partition coefficient (Wildman–Crippen LogP) is 2.17. The zero-order valence-corrected chi connectivity index (χ0v) is 10.2. The van der Waals surface area contributed by atoms with Crippen LogP contribution in [0.15, 0.2) is 63.3 Å². The Labute approximate surface area is 105 Å². The minimum atomic E-state index is -0.145. The lowest BCUT2D eigenvalue weighted by atomic mass is 10.3. The summed E-state index contributed by atoms with van der Waals surface area (Å²) in [5.41, 5.74) is 0.878. The van der Waals surface area contributed by atoms with E-state index in [2.05, 4.69) is 11.6 Å². The number of benzene rings is 1. The van der Waals surface area contributed by atoms with Gasteiger partial charge in [0.25, 0.3) is 5.56 Å². The first-order valence-electron chi connectivity index (χ1n) is 5.63. The highest BCUT2D eigenvalue weighted by Crippen LogP contribution is 2.07. The molecule has 0 saturated heterocycles. The van der Waals surface area contributed by atoms with Gasteiger partial charge in [0.2, 0.25) is 0 Å². The van der Waals surface area contributed by atoms with Gasteiger partial charge in [-0.1, -0.05) is 24.3 Å². The van der Waals surface area contributed by atoms with Gasteiger partial charge in [0.15, 0.2) is 0 Å². The van der Waals surface area contributed by atoms with Crippen molar-refractivity contribution < 1.29 is 4.42 Å². The molecular formula is C14H14N2O2. The lowest BCUT2D eigenvalue weighted by molar-refractivity contribution is 0.396. The normalized spacial score (nSPS) is 11.5. The Morgan fingerprint density at radius 3 is 2.78 bits per heavy atom. The summed E-state index contributed by atoms with van der Waals surface area (Å²) in [6, 6.07) is 10.8. The molecule has 0 unspecified atom stereocenters. The second-order valence-electron chi connectivity index (χ2n) is 3.82. The number of hydrogen-bond donors (Lipinski definition) is 0. The van der Waals surface area contributed by atoms with Gasteiger partial charge in [0.1, 0.15) is 5.76 Å². The topological polar surface area (TPSA) is 47.5 Å². The molecular weight excluding hydrogens is 228 g/mol. The molecule has 2 aromatic rings. The highest BCUT2D eigenvalue weighted by molar-refractivity contribution is 5.35. The largest absolute Gasteiger partial charge is 0.430 e. The van der Waals surface area contributed by atoms with Gasteiger partial charge in [-0.05, 0) is 19.1 Å². The second-order valence-corrected chi connectivity index (χ2v) is 3.82. The van der Waals surface area contributed by atoms with Gasteiger partial charge in [-0.15, -0.1) is 6.58 Å². The lowest BCUT2D eigenvalue weighted by Gasteiger charge is -2.02. The number of aromatic nitrogens is 1. The first kappa shape index (κ1) is 12.1. The molecule has 92 valence electrons. The number of hydrogen-bond acceptors (Lipinski definition) is 3. The van der Waals surface area contributed by atoms with Crippen molar-refractivity contribution in [3.8, 4) is 0 Å². The second kappa shape index (κ2) is 5.31. The molecule has 0 saturated carbocycles. The summed E-state index contributed by atoms with van der Waals surface area (Å²) < 4.78 is 6.93. The maximum Gasteiger partial charge on any atom is 0.305 e. The van der Waals surface area contributed by atoms with Gasteiger partial charge >= 0.3 is 5.68 Å². The molecule has 4 heteroatoms. The van der Waals surface area contributed by atoms with E-state index in [1.54, 1.807) is 13.0 Å². The molecule has 0 bridgehead atoms. The third-order valence-electron chi connectivity index (χ3n) is 2.37. The molecule has 0 spiro atoms. The van der Waals surface area contributed by atoms with Crippen molar-refractivity contribution >= 4 is 5.69 Å². The molecule has 0 aliphatic heterocycles. The average molecular weight is 242 g/mol. The van der Waals surface area contributed by atoms with E-state index in [0.717, 1.165) is 5.69 Å². The van der Waals surface area contributed by atoms with Gasteiger partial charge in [0.05, 0.1) is 5.69 Å². The summed E-state index contributed by atoms with van der Waals surface area (Å²) in [5.74, 6) is 0.537. The van der Waals surface area contributed by atoms with Crippen molar-refractivity contribution in [3.63, 3.8) is 0 Å². The molecule has 1 heterocycles. The molecule has 4 nitrogen and oxygen atoms in total. The van der Waals surface area contributed by atoms with Crippen LogP contribution in [0.4, 0.5) is 5.69 Å². The van der Waals surface area contributed by atoms with E-state index in [9.17, 15) is 4.79 Å². The quantitative estimate of drug-likeness (QED) is 0.774. The summed E-state index contributed by atoms with van der Waals surface area (Å²) >= 11 is 0. The fourth-order valence-electron chi connectivity index (χ4n) is 1.57. The van der Waals surface area contributed by atoms with Crippen molar-refractivity contribution in [3.05, 3.63) is 70.9 Å². The highest BCUT2D eigenvalue weighted by atomic mass is 16.3. The number of para-hydroxylation sites is 1. The standard InChI is InChI=1S/C14H14N2O2/c1-3-9-16-13(17)10-11(2)18-14(16)15-12-7-5-4-6-8-12/h3-8,10H,1,9H2,2H3. The maximum atomic E-state index is 11.8. The van der Waals surface area contributed by atoms with Crippen molar-refractivity contribution in [2.75, 3.05) is 0 Å². The van der Waals surface area contributed by atoms with Gasteiger partial charge in [-0.3, -0.25) is 9.36 Å². The van der Waals surface area contributed by atoms with Crippen molar-refractivity contribution in [1.29, 1.82) is 0 Å². The molecule has 0 aliphatic carbocycles. The predicted molar refractivity (Wildman–Crippen MR) is 69.6 cm³/mol. The first-order valence-corrected chi connectivity index (χ1v) is 5.63. The Bertz CT molecular complexity index is 666. The number of allylic oxidation sites excluding steroid dienone is 1. The van der Waals surface area contributed by atoms with E-state index < -0.39 is 0 Å². The SMILES string of the molecule is C=CCn1c(=O)cc(C)oc1=Nc1ccccc1. The van der Waals surface area contributed by atoms with Crippen LogP contribution in [-0.4, -0.2) is 4.57 Å². The van der Waals surface area contributed by atoms with Crippen molar-refractivity contribution in [2.24, 2.45) is 4.99 Å². The fraction of sp³-hybridized carbons (Fsp3) is 0.143. The van der Waals surface area contributed by atoms with Gasteiger partial charge in [-0.2, -0.15) is 4.99 Å². The minimum absolute atomic E-state index is 0.145. The molecule has 0 N–H and O–H groups in total. The number of nitrogens with zero attached hydrogens (tertiary/aromatic N) is 2. The number of aryl methyl sites for hydroxylation is 1. The summed E-state index contributed by atoms with van der Waals surface area (Å²) in [7, 11) is 0. The Kier molecular flexibility index (Phi) is 3.57. The summed E-state index contributed by atoms with van der Waals surface area (Å²) in [5, 5.41) is 0. The maximum absolute atomic E-state index is 11.8. The Morgan fingerprint density at radius 1 is 1.39 bits per heavy atom.